The van der Waals surface area contributed by atoms with Crippen LogP contribution in [0.1, 0.15) is 26.2 Å². The molecule has 0 spiro atoms. The summed E-state index contributed by atoms with van der Waals surface area (Å²) in [6.45, 7) is 0.331. The number of carboxylic acids is 1. The molecule has 0 fully saturated rings. The number of amides is 3. The fraction of sp³-hybridized carbons (Fsp3) is 0.733. The van der Waals surface area contributed by atoms with Gasteiger partial charge in [-0.25, -0.2) is 0 Å². The van der Waals surface area contributed by atoms with Crippen molar-refractivity contribution in [3.8, 4) is 0 Å². The maximum absolute atomic E-state index is 12.5. The zero-order valence-corrected chi connectivity index (χ0v) is 15.2. The summed E-state index contributed by atoms with van der Waals surface area (Å²) in [5.41, 5.74) is 10.8. The number of carboxylic acid groups (broad SMARTS) is 1. The van der Waals surface area contributed by atoms with E-state index in [1.54, 1.807) is 0 Å². The minimum Gasteiger partial charge on any atom is -0.480 e. The Balaban J connectivity index is 5.09. The zero-order chi connectivity index (χ0) is 21.0. The van der Waals surface area contributed by atoms with Gasteiger partial charge in [0.1, 0.15) is 24.7 Å². The number of rotatable bonds is 13. The second-order valence-electron chi connectivity index (χ2n) is 5.97. The molecule has 0 aliphatic carbocycles. The van der Waals surface area contributed by atoms with Crippen LogP contribution < -0.4 is 27.4 Å². The maximum atomic E-state index is 12.5. The van der Waals surface area contributed by atoms with Crippen molar-refractivity contribution in [2.75, 3.05) is 19.7 Å². The summed E-state index contributed by atoms with van der Waals surface area (Å²) >= 11 is 0. The molecule has 10 N–H and O–H groups in total. The Kier molecular flexibility index (Phi) is 11.9. The minimum atomic E-state index is -1.42. The third-order valence-corrected chi connectivity index (χ3v) is 3.59. The Morgan fingerprint density at radius 1 is 1.04 bits per heavy atom. The highest BCUT2D eigenvalue weighted by Gasteiger charge is 2.30. The normalized spacial score (nSPS) is 15.1. The van der Waals surface area contributed by atoms with Crippen LogP contribution >= 0.6 is 0 Å². The first-order chi connectivity index (χ1) is 12.6. The lowest BCUT2D eigenvalue weighted by molar-refractivity contribution is -0.139. The molecule has 0 aromatic heterocycles. The molecule has 0 radical (unpaired) electrons. The summed E-state index contributed by atoms with van der Waals surface area (Å²) in [7, 11) is 0. The number of aliphatic carboxylic acids is 1. The van der Waals surface area contributed by atoms with E-state index in [9.17, 15) is 24.3 Å². The number of aliphatic hydroxyl groups excluding tert-OH is 2. The first kappa shape index (κ1) is 24.7. The van der Waals surface area contributed by atoms with Crippen LogP contribution in [0.25, 0.3) is 0 Å². The number of hydrogen-bond donors (Lipinski definition) is 8. The molecule has 3 amide bonds. The minimum absolute atomic E-state index is 0.191. The summed E-state index contributed by atoms with van der Waals surface area (Å²) in [4.78, 5) is 46.8. The van der Waals surface area contributed by atoms with E-state index < -0.39 is 61.1 Å². The van der Waals surface area contributed by atoms with Crippen LogP contribution in [0.15, 0.2) is 0 Å². The molecule has 0 aromatic rings. The molecule has 0 saturated heterocycles. The van der Waals surface area contributed by atoms with E-state index in [0.717, 1.165) is 0 Å². The molecule has 0 aliphatic rings. The van der Waals surface area contributed by atoms with Gasteiger partial charge in [0.15, 0.2) is 0 Å². The largest absolute Gasteiger partial charge is 0.480 e. The summed E-state index contributed by atoms with van der Waals surface area (Å²) in [5, 5.41) is 34.0. The first-order valence-corrected chi connectivity index (χ1v) is 8.48. The van der Waals surface area contributed by atoms with Crippen LogP contribution in [0.2, 0.25) is 0 Å². The van der Waals surface area contributed by atoms with Crippen molar-refractivity contribution in [2.24, 2.45) is 11.5 Å². The second kappa shape index (κ2) is 13.0. The monoisotopic (exact) mass is 391 g/mol. The Morgan fingerprint density at radius 3 is 2.15 bits per heavy atom. The van der Waals surface area contributed by atoms with Crippen LogP contribution in [0.4, 0.5) is 0 Å². The smallest absolute Gasteiger partial charge is 0.322 e. The van der Waals surface area contributed by atoms with Gasteiger partial charge < -0.3 is 42.7 Å². The molecular weight excluding hydrogens is 362 g/mol. The fourth-order valence-corrected chi connectivity index (χ4v) is 2.06. The Morgan fingerprint density at radius 2 is 1.67 bits per heavy atom. The maximum Gasteiger partial charge on any atom is 0.322 e. The van der Waals surface area contributed by atoms with E-state index in [2.05, 4.69) is 16.0 Å². The predicted octanol–water partition coefficient (Wildman–Crippen LogP) is -4.01. The first-order valence-electron chi connectivity index (χ1n) is 8.48. The van der Waals surface area contributed by atoms with Crippen LogP contribution in [0.3, 0.4) is 0 Å². The van der Waals surface area contributed by atoms with Gasteiger partial charge in [0.25, 0.3) is 0 Å². The highest BCUT2D eigenvalue weighted by molar-refractivity contribution is 5.93. The summed E-state index contributed by atoms with van der Waals surface area (Å²) < 4.78 is 0. The molecule has 156 valence electrons. The van der Waals surface area contributed by atoms with Gasteiger partial charge in [-0.3, -0.25) is 19.2 Å². The average Bonchev–Trinajstić information content (AvgIpc) is 2.61. The van der Waals surface area contributed by atoms with Gasteiger partial charge in [-0.15, -0.1) is 0 Å². The predicted molar refractivity (Wildman–Crippen MR) is 94.2 cm³/mol. The Labute approximate surface area is 156 Å². The van der Waals surface area contributed by atoms with Crippen molar-refractivity contribution >= 4 is 23.7 Å². The SMILES string of the molecule is CC(O)C(NC(=O)C(CCCCN)NC(=O)C(N)CO)C(=O)NCC(=O)O. The molecule has 0 saturated carbocycles. The molecule has 0 aliphatic heterocycles. The molecular formula is C15H29N5O7. The molecule has 0 heterocycles. The van der Waals surface area contributed by atoms with Gasteiger partial charge in [-0.2, -0.15) is 0 Å². The molecule has 0 bridgehead atoms. The topological polar surface area (TPSA) is 217 Å². The molecule has 27 heavy (non-hydrogen) atoms. The standard InChI is InChI=1S/C15H29N5O7/c1-8(22)12(15(27)18-6-11(23)24)20-14(26)10(4-2-3-5-16)19-13(25)9(17)7-21/h8-10,12,21-22H,2-7,16-17H2,1H3,(H,18,27)(H,19,25)(H,20,26)(H,23,24). The van der Waals surface area contributed by atoms with Crippen molar-refractivity contribution in [3.63, 3.8) is 0 Å². The summed E-state index contributed by atoms with van der Waals surface area (Å²) in [6.07, 6.45) is -0.0444. The van der Waals surface area contributed by atoms with Crippen LogP contribution in [-0.2, 0) is 19.2 Å². The van der Waals surface area contributed by atoms with Crippen molar-refractivity contribution in [2.45, 2.75) is 50.4 Å². The average molecular weight is 391 g/mol. The summed E-state index contributed by atoms with van der Waals surface area (Å²) in [5.74, 6) is -3.69. The summed E-state index contributed by atoms with van der Waals surface area (Å²) in [6, 6.07) is -3.71. The molecule has 0 rings (SSSR count). The number of hydrogen-bond acceptors (Lipinski definition) is 8. The van der Waals surface area contributed by atoms with Gasteiger partial charge in [-0.05, 0) is 32.7 Å². The van der Waals surface area contributed by atoms with E-state index in [0.29, 0.717) is 19.4 Å². The van der Waals surface area contributed by atoms with Gasteiger partial charge in [0, 0.05) is 0 Å². The van der Waals surface area contributed by atoms with E-state index in [1.807, 2.05) is 0 Å². The lowest BCUT2D eigenvalue weighted by atomic mass is 10.1. The van der Waals surface area contributed by atoms with Crippen molar-refractivity contribution in [1.82, 2.24) is 16.0 Å². The van der Waals surface area contributed by atoms with E-state index >= 15 is 0 Å². The number of unbranched alkanes of at least 4 members (excludes halogenated alkanes) is 1. The number of nitrogens with two attached hydrogens (primary N) is 2. The zero-order valence-electron chi connectivity index (χ0n) is 15.2. The third-order valence-electron chi connectivity index (χ3n) is 3.59. The lowest BCUT2D eigenvalue weighted by Crippen LogP contribution is -2.58. The van der Waals surface area contributed by atoms with E-state index in [1.165, 1.54) is 6.92 Å². The van der Waals surface area contributed by atoms with Crippen molar-refractivity contribution in [3.05, 3.63) is 0 Å². The van der Waals surface area contributed by atoms with Gasteiger partial charge in [-0.1, -0.05) is 0 Å². The van der Waals surface area contributed by atoms with Crippen LogP contribution in [0.5, 0.6) is 0 Å². The van der Waals surface area contributed by atoms with Gasteiger partial charge in [0.05, 0.1) is 12.7 Å². The third kappa shape index (κ3) is 9.84. The fourth-order valence-electron chi connectivity index (χ4n) is 2.06. The highest BCUT2D eigenvalue weighted by atomic mass is 16.4. The second-order valence-corrected chi connectivity index (χ2v) is 5.97. The molecule has 4 atom stereocenters. The van der Waals surface area contributed by atoms with Gasteiger partial charge >= 0.3 is 5.97 Å². The molecule has 12 heteroatoms. The molecule has 0 aromatic carbocycles. The van der Waals surface area contributed by atoms with E-state index in [-0.39, 0.29) is 6.42 Å². The Bertz CT molecular complexity index is 515. The Hall–Kier alpha value is -2.28. The van der Waals surface area contributed by atoms with Crippen molar-refractivity contribution in [1.29, 1.82) is 0 Å². The van der Waals surface area contributed by atoms with Gasteiger partial charge in [0.2, 0.25) is 17.7 Å². The molecule has 4 unspecified atom stereocenters. The number of carbonyl (C=O) groups excluding carboxylic acids is 3. The van der Waals surface area contributed by atoms with E-state index in [4.69, 9.17) is 21.7 Å². The van der Waals surface area contributed by atoms with Crippen LogP contribution in [0, 0.1) is 0 Å². The number of nitrogens with one attached hydrogen (secondary N) is 3. The quantitative estimate of drug-likeness (QED) is 0.143. The lowest BCUT2D eigenvalue weighted by Gasteiger charge is -2.25. The molecule has 12 nitrogen and oxygen atoms in total. The van der Waals surface area contributed by atoms with Crippen molar-refractivity contribution < 1.29 is 34.5 Å². The highest BCUT2D eigenvalue weighted by Crippen LogP contribution is 2.03. The number of carbonyl (C=O) groups is 4. The number of aliphatic hydroxyl groups is 2. The van der Waals surface area contributed by atoms with Crippen LogP contribution in [-0.4, -0.2) is 82.9 Å².